The van der Waals surface area contributed by atoms with Crippen molar-refractivity contribution in [2.45, 2.75) is 27.7 Å². The van der Waals surface area contributed by atoms with E-state index in [9.17, 15) is 0 Å². The zero-order valence-electron chi connectivity index (χ0n) is 7.23. The van der Waals surface area contributed by atoms with E-state index in [2.05, 4.69) is 0 Å². The van der Waals surface area contributed by atoms with Crippen molar-refractivity contribution in [3.63, 3.8) is 0 Å². The molecule has 0 aliphatic heterocycles. The van der Waals surface area contributed by atoms with Gasteiger partial charge in [0.2, 0.25) is 0 Å². The molecular weight excluding hydrogens is 128 g/mol. The Hall–Kier alpha value is -0.660. The highest BCUT2D eigenvalue weighted by molar-refractivity contribution is 4.94. The molecule has 2 nitrogen and oxygen atoms in total. The van der Waals surface area contributed by atoms with Crippen LogP contribution in [0.5, 0.6) is 0 Å². The summed E-state index contributed by atoms with van der Waals surface area (Å²) in [4.78, 5) is 0. The molecule has 0 saturated heterocycles. The standard InChI is InChI=1S/C8H16O2/c1-5-9-7(3)8(4)10-6-2/h5-6H2,1-4H3. The molecule has 0 radical (unpaired) electrons. The van der Waals surface area contributed by atoms with Gasteiger partial charge in [-0.1, -0.05) is 0 Å². The second-order valence-corrected chi connectivity index (χ2v) is 1.98. The van der Waals surface area contributed by atoms with Crippen LogP contribution in [0.4, 0.5) is 0 Å². The summed E-state index contributed by atoms with van der Waals surface area (Å²) < 4.78 is 10.4. The molecule has 0 unspecified atom stereocenters. The summed E-state index contributed by atoms with van der Waals surface area (Å²) in [6.45, 7) is 9.15. The molecule has 0 aromatic carbocycles. The maximum atomic E-state index is 5.21. The molecule has 0 N–H and O–H groups in total. The smallest absolute Gasteiger partial charge is 0.130 e. The Labute approximate surface area is 62.8 Å². The van der Waals surface area contributed by atoms with Gasteiger partial charge in [-0.3, -0.25) is 0 Å². The second kappa shape index (κ2) is 5.15. The van der Waals surface area contributed by atoms with Gasteiger partial charge in [-0.25, -0.2) is 0 Å². The van der Waals surface area contributed by atoms with Crippen LogP contribution in [0.2, 0.25) is 0 Å². The summed E-state index contributed by atoms with van der Waals surface area (Å²) in [5, 5.41) is 0. The van der Waals surface area contributed by atoms with Gasteiger partial charge in [0.05, 0.1) is 13.2 Å². The van der Waals surface area contributed by atoms with Crippen LogP contribution < -0.4 is 0 Å². The Balaban J connectivity index is 3.79. The van der Waals surface area contributed by atoms with E-state index >= 15 is 0 Å². The fourth-order valence-electron chi connectivity index (χ4n) is 0.636. The Morgan fingerprint density at radius 2 is 1.20 bits per heavy atom. The summed E-state index contributed by atoms with van der Waals surface area (Å²) in [5.74, 6) is 1.76. The zero-order valence-corrected chi connectivity index (χ0v) is 7.23. The molecule has 0 bridgehead atoms. The number of allylic oxidation sites excluding steroid dienone is 2. The Morgan fingerprint density at radius 3 is 1.40 bits per heavy atom. The van der Waals surface area contributed by atoms with Gasteiger partial charge < -0.3 is 9.47 Å². The fourth-order valence-corrected chi connectivity index (χ4v) is 0.636. The largest absolute Gasteiger partial charge is 0.495 e. The van der Waals surface area contributed by atoms with Crippen molar-refractivity contribution in [2.24, 2.45) is 0 Å². The third kappa shape index (κ3) is 3.38. The Morgan fingerprint density at radius 1 is 0.900 bits per heavy atom. The highest BCUT2D eigenvalue weighted by Gasteiger charge is 1.95. The van der Waals surface area contributed by atoms with E-state index in [0.717, 1.165) is 11.5 Å². The lowest BCUT2D eigenvalue weighted by molar-refractivity contribution is 0.169. The second-order valence-electron chi connectivity index (χ2n) is 1.98. The van der Waals surface area contributed by atoms with E-state index < -0.39 is 0 Å². The molecule has 0 aromatic rings. The van der Waals surface area contributed by atoms with Gasteiger partial charge in [0.15, 0.2) is 0 Å². The molecule has 2 heteroatoms. The molecular formula is C8H16O2. The first-order valence-corrected chi connectivity index (χ1v) is 3.65. The van der Waals surface area contributed by atoms with Gasteiger partial charge in [-0.15, -0.1) is 0 Å². The molecule has 0 aliphatic rings. The molecule has 60 valence electrons. The van der Waals surface area contributed by atoms with Crippen molar-refractivity contribution in [1.82, 2.24) is 0 Å². The maximum Gasteiger partial charge on any atom is 0.130 e. The highest BCUT2D eigenvalue weighted by Crippen LogP contribution is 2.05. The normalized spacial score (nSPS) is 12.4. The lowest BCUT2D eigenvalue weighted by Crippen LogP contribution is -1.95. The summed E-state index contributed by atoms with van der Waals surface area (Å²) in [5.41, 5.74) is 0. The average Bonchev–Trinajstić information content (AvgIpc) is 1.89. The van der Waals surface area contributed by atoms with E-state index in [0.29, 0.717) is 13.2 Å². The van der Waals surface area contributed by atoms with Crippen LogP contribution in [0.3, 0.4) is 0 Å². The average molecular weight is 144 g/mol. The Bertz CT molecular complexity index is 102. The van der Waals surface area contributed by atoms with Crippen molar-refractivity contribution in [1.29, 1.82) is 0 Å². The van der Waals surface area contributed by atoms with Crippen LogP contribution in [0.25, 0.3) is 0 Å². The molecule has 0 fully saturated rings. The Kier molecular flexibility index (Phi) is 4.81. The van der Waals surface area contributed by atoms with Crippen LogP contribution in [0.1, 0.15) is 27.7 Å². The molecule has 0 heterocycles. The predicted octanol–water partition coefficient (Wildman–Crippen LogP) is 2.31. The van der Waals surface area contributed by atoms with Gasteiger partial charge in [0.25, 0.3) is 0 Å². The zero-order chi connectivity index (χ0) is 7.98. The molecule has 0 atom stereocenters. The predicted molar refractivity (Wildman–Crippen MR) is 41.6 cm³/mol. The van der Waals surface area contributed by atoms with E-state index in [1.165, 1.54) is 0 Å². The SMILES string of the molecule is CCOC(C)=C(C)OCC. The number of rotatable bonds is 4. The molecule has 0 spiro atoms. The van der Waals surface area contributed by atoms with E-state index in [-0.39, 0.29) is 0 Å². The van der Waals surface area contributed by atoms with Gasteiger partial charge in [-0.05, 0) is 27.7 Å². The first kappa shape index (κ1) is 9.34. The minimum atomic E-state index is 0.705. The molecule has 0 rings (SSSR count). The first-order chi connectivity index (χ1) is 4.72. The highest BCUT2D eigenvalue weighted by atomic mass is 16.5. The molecule has 10 heavy (non-hydrogen) atoms. The van der Waals surface area contributed by atoms with Crippen molar-refractivity contribution in [3.05, 3.63) is 11.5 Å². The maximum absolute atomic E-state index is 5.21. The van der Waals surface area contributed by atoms with Gasteiger partial charge in [-0.2, -0.15) is 0 Å². The summed E-state index contributed by atoms with van der Waals surface area (Å²) in [6.07, 6.45) is 0. The summed E-state index contributed by atoms with van der Waals surface area (Å²) >= 11 is 0. The van der Waals surface area contributed by atoms with Crippen molar-refractivity contribution < 1.29 is 9.47 Å². The van der Waals surface area contributed by atoms with Crippen LogP contribution >= 0.6 is 0 Å². The van der Waals surface area contributed by atoms with Crippen LogP contribution in [0.15, 0.2) is 11.5 Å². The quantitative estimate of drug-likeness (QED) is 0.564. The summed E-state index contributed by atoms with van der Waals surface area (Å²) in [7, 11) is 0. The van der Waals surface area contributed by atoms with Crippen molar-refractivity contribution in [3.8, 4) is 0 Å². The van der Waals surface area contributed by atoms with Crippen LogP contribution in [-0.2, 0) is 9.47 Å². The number of hydrogen-bond donors (Lipinski definition) is 0. The third-order valence-corrected chi connectivity index (χ3v) is 1.22. The third-order valence-electron chi connectivity index (χ3n) is 1.22. The first-order valence-electron chi connectivity index (χ1n) is 3.65. The van der Waals surface area contributed by atoms with E-state index in [4.69, 9.17) is 9.47 Å². The van der Waals surface area contributed by atoms with Crippen LogP contribution in [0, 0.1) is 0 Å². The van der Waals surface area contributed by atoms with Crippen molar-refractivity contribution in [2.75, 3.05) is 13.2 Å². The van der Waals surface area contributed by atoms with Gasteiger partial charge >= 0.3 is 0 Å². The fraction of sp³-hybridized carbons (Fsp3) is 0.750. The number of hydrogen-bond acceptors (Lipinski definition) is 2. The van der Waals surface area contributed by atoms with Crippen molar-refractivity contribution >= 4 is 0 Å². The summed E-state index contributed by atoms with van der Waals surface area (Å²) in [6, 6.07) is 0. The molecule has 0 saturated carbocycles. The minimum absolute atomic E-state index is 0.705. The minimum Gasteiger partial charge on any atom is -0.495 e. The topological polar surface area (TPSA) is 18.5 Å². The van der Waals surface area contributed by atoms with E-state index in [1.54, 1.807) is 0 Å². The monoisotopic (exact) mass is 144 g/mol. The molecule has 0 amide bonds. The lowest BCUT2D eigenvalue weighted by Gasteiger charge is -2.08. The van der Waals surface area contributed by atoms with E-state index in [1.807, 2.05) is 27.7 Å². The molecule has 0 aromatic heterocycles. The lowest BCUT2D eigenvalue weighted by atomic mass is 10.4. The van der Waals surface area contributed by atoms with Gasteiger partial charge in [0, 0.05) is 0 Å². The van der Waals surface area contributed by atoms with Crippen LogP contribution in [-0.4, -0.2) is 13.2 Å². The molecule has 0 aliphatic carbocycles. The number of ether oxygens (including phenoxy) is 2. The van der Waals surface area contributed by atoms with Gasteiger partial charge in [0.1, 0.15) is 11.5 Å².